The molecule has 2 aliphatic rings. The van der Waals surface area contributed by atoms with Gasteiger partial charge in [0.25, 0.3) is 0 Å². The summed E-state index contributed by atoms with van der Waals surface area (Å²) in [6, 6.07) is 8.43. The predicted molar refractivity (Wildman–Crippen MR) is 79.0 cm³/mol. The molecule has 4 nitrogen and oxygen atoms in total. The minimum Gasteiger partial charge on any atom is -0.381 e. The van der Waals surface area contributed by atoms with Crippen molar-refractivity contribution < 1.29 is 9.53 Å². The molecule has 0 bridgehead atoms. The molecule has 4 heteroatoms. The highest BCUT2D eigenvalue weighted by Gasteiger charge is 2.32. The van der Waals surface area contributed by atoms with E-state index >= 15 is 0 Å². The maximum atomic E-state index is 12.6. The lowest BCUT2D eigenvalue weighted by Gasteiger charge is -2.23. The van der Waals surface area contributed by atoms with Crippen molar-refractivity contribution in [2.24, 2.45) is 5.92 Å². The van der Waals surface area contributed by atoms with E-state index < -0.39 is 0 Å². The molecular weight excluding hydrogens is 264 g/mol. The first kappa shape index (κ1) is 12.8. The average Bonchev–Trinajstić information content (AvgIpc) is 3.11. The van der Waals surface area contributed by atoms with Crippen molar-refractivity contribution in [3.63, 3.8) is 0 Å². The number of rotatable bonds is 3. The standard InChI is InChI=1S/C17H18N2O2/c20-17(12-5-7-21-8-6-12)9-15-13-3-1-2-4-14(13)16-10-18-11-19(15)16/h1-4,10-12,15H,5-9H2/t15-/m0/s1. The van der Waals surface area contributed by atoms with E-state index in [1.807, 2.05) is 24.7 Å². The number of ketones is 1. The van der Waals surface area contributed by atoms with Crippen LogP contribution in [0.5, 0.6) is 0 Å². The molecule has 108 valence electrons. The lowest BCUT2D eigenvalue weighted by molar-refractivity contribution is -0.126. The molecule has 0 aliphatic carbocycles. The number of imidazole rings is 1. The van der Waals surface area contributed by atoms with Crippen molar-refractivity contribution in [2.75, 3.05) is 13.2 Å². The smallest absolute Gasteiger partial charge is 0.138 e. The zero-order valence-electron chi connectivity index (χ0n) is 11.9. The second-order valence-electron chi connectivity index (χ2n) is 5.85. The molecule has 2 aromatic rings. The first-order valence-electron chi connectivity index (χ1n) is 7.56. The molecule has 4 rings (SSSR count). The lowest BCUT2D eigenvalue weighted by atomic mass is 9.89. The maximum absolute atomic E-state index is 12.6. The van der Waals surface area contributed by atoms with Crippen LogP contribution in [0.3, 0.4) is 0 Å². The summed E-state index contributed by atoms with van der Waals surface area (Å²) in [7, 11) is 0. The van der Waals surface area contributed by atoms with Gasteiger partial charge >= 0.3 is 0 Å². The molecule has 2 aliphatic heterocycles. The Morgan fingerprint density at radius 2 is 2.10 bits per heavy atom. The Balaban J connectivity index is 1.62. The van der Waals surface area contributed by atoms with Crippen LogP contribution in [-0.4, -0.2) is 28.5 Å². The lowest BCUT2D eigenvalue weighted by Crippen LogP contribution is -2.25. The minimum absolute atomic E-state index is 0.106. The average molecular weight is 282 g/mol. The third kappa shape index (κ3) is 2.10. The number of nitrogens with zero attached hydrogens (tertiary/aromatic N) is 2. The largest absolute Gasteiger partial charge is 0.381 e. The summed E-state index contributed by atoms with van der Waals surface area (Å²) < 4.78 is 7.49. The van der Waals surface area contributed by atoms with Gasteiger partial charge in [0, 0.05) is 31.1 Å². The Morgan fingerprint density at radius 1 is 1.29 bits per heavy atom. The van der Waals surface area contributed by atoms with Gasteiger partial charge in [-0.25, -0.2) is 4.98 Å². The fourth-order valence-corrected chi connectivity index (χ4v) is 3.52. The molecule has 21 heavy (non-hydrogen) atoms. The molecule has 1 aromatic carbocycles. The van der Waals surface area contributed by atoms with Gasteiger partial charge in [0.05, 0.1) is 24.3 Å². The summed E-state index contributed by atoms with van der Waals surface area (Å²) in [6.07, 6.45) is 6.02. The van der Waals surface area contributed by atoms with Crippen LogP contribution in [0.15, 0.2) is 36.8 Å². The van der Waals surface area contributed by atoms with E-state index in [4.69, 9.17) is 4.74 Å². The van der Waals surface area contributed by atoms with Gasteiger partial charge in [0.1, 0.15) is 5.78 Å². The predicted octanol–water partition coefficient (Wildman–Crippen LogP) is 2.84. The summed E-state index contributed by atoms with van der Waals surface area (Å²) in [5.41, 5.74) is 3.57. The van der Waals surface area contributed by atoms with E-state index in [2.05, 4.69) is 21.7 Å². The molecule has 1 fully saturated rings. The molecule has 0 radical (unpaired) electrons. The number of aromatic nitrogens is 2. The number of fused-ring (bicyclic) bond motifs is 3. The third-order valence-electron chi connectivity index (χ3n) is 4.67. The molecule has 0 N–H and O–H groups in total. The van der Waals surface area contributed by atoms with Crippen LogP contribution < -0.4 is 0 Å². The molecule has 1 saturated heterocycles. The number of ether oxygens (including phenoxy) is 1. The molecule has 1 atom stereocenters. The Morgan fingerprint density at radius 3 is 2.95 bits per heavy atom. The van der Waals surface area contributed by atoms with E-state index in [0.29, 0.717) is 25.4 Å². The van der Waals surface area contributed by atoms with Crippen LogP contribution in [0.25, 0.3) is 11.3 Å². The monoisotopic (exact) mass is 282 g/mol. The molecular formula is C17H18N2O2. The summed E-state index contributed by atoms with van der Waals surface area (Å²) in [4.78, 5) is 16.9. The topological polar surface area (TPSA) is 44.1 Å². The number of carbonyl (C=O) groups excluding carboxylic acids is 1. The molecule has 0 unspecified atom stereocenters. The molecule has 3 heterocycles. The highest BCUT2D eigenvalue weighted by atomic mass is 16.5. The van der Waals surface area contributed by atoms with E-state index in [0.717, 1.165) is 18.5 Å². The van der Waals surface area contributed by atoms with Crippen molar-refractivity contribution in [3.05, 3.63) is 42.4 Å². The maximum Gasteiger partial charge on any atom is 0.138 e. The number of benzene rings is 1. The fourth-order valence-electron chi connectivity index (χ4n) is 3.52. The number of carbonyl (C=O) groups is 1. The van der Waals surface area contributed by atoms with Crippen LogP contribution >= 0.6 is 0 Å². The van der Waals surface area contributed by atoms with Gasteiger partial charge < -0.3 is 9.30 Å². The van der Waals surface area contributed by atoms with Gasteiger partial charge in [0.15, 0.2) is 0 Å². The van der Waals surface area contributed by atoms with Crippen LogP contribution in [0.4, 0.5) is 0 Å². The Labute approximate surface area is 123 Å². The van der Waals surface area contributed by atoms with Crippen LogP contribution in [0.2, 0.25) is 0 Å². The first-order chi connectivity index (χ1) is 10.3. The van der Waals surface area contributed by atoms with Crippen molar-refractivity contribution in [3.8, 4) is 11.3 Å². The zero-order valence-corrected chi connectivity index (χ0v) is 11.9. The Hall–Kier alpha value is -1.94. The minimum atomic E-state index is 0.106. The summed E-state index contributed by atoms with van der Waals surface area (Å²) in [5.74, 6) is 0.526. The van der Waals surface area contributed by atoms with Crippen molar-refractivity contribution in [1.82, 2.24) is 9.55 Å². The molecule has 0 spiro atoms. The van der Waals surface area contributed by atoms with Crippen molar-refractivity contribution >= 4 is 5.78 Å². The van der Waals surface area contributed by atoms with E-state index in [-0.39, 0.29) is 12.0 Å². The number of Topliss-reactive ketones (excluding diaryl/α,β-unsaturated/α-hetero) is 1. The number of hydrogen-bond acceptors (Lipinski definition) is 3. The van der Waals surface area contributed by atoms with Crippen LogP contribution in [0.1, 0.15) is 30.9 Å². The molecule has 0 amide bonds. The van der Waals surface area contributed by atoms with Crippen LogP contribution in [-0.2, 0) is 9.53 Å². The second kappa shape index (κ2) is 5.11. The van der Waals surface area contributed by atoms with Crippen molar-refractivity contribution in [2.45, 2.75) is 25.3 Å². The van der Waals surface area contributed by atoms with Gasteiger partial charge in [0.2, 0.25) is 0 Å². The normalized spacial score (nSPS) is 21.0. The van der Waals surface area contributed by atoms with Gasteiger partial charge in [-0.05, 0) is 18.4 Å². The van der Waals surface area contributed by atoms with Gasteiger partial charge in [-0.2, -0.15) is 0 Å². The molecule has 0 saturated carbocycles. The molecule has 1 aromatic heterocycles. The van der Waals surface area contributed by atoms with E-state index in [1.165, 1.54) is 11.1 Å². The van der Waals surface area contributed by atoms with Crippen LogP contribution in [0, 0.1) is 5.92 Å². The quantitative estimate of drug-likeness (QED) is 0.869. The fraction of sp³-hybridized carbons (Fsp3) is 0.412. The highest BCUT2D eigenvalue weighted by Crippen LogP contribution is 2.41. The van der Waals surface area contributed by atoms with E-state index in [9.17, 15) is 4.79 Å². The second-order valence-corrected chi connectivity index (χ2v) is 5.85. The number of hydrogen-bond donors (Lipinski definition) is 0. The third-order valence-corrected chi connectivity index (χ3v) is 4.67. The van der Waals surface area contributed by atoms with Gasteiger partial charge in [-0.1, -0.05) is 24.3 Å². The Bertz CT molecular complexity index is 671. The van der Waals surface area contributed by atoms with Gasteiger partial charge in [-0.15, -0.1) is 0 Å². The zero-order chi connectivity index (χ0) is 14.2. The van der Waals surface area contributed by atoms with E-state index in [1.54, 1.807) is 0 Å². The summed E-state index contributed by atoms with van der Waals surface area (Å²) >= 11 is 0. The summed E-state index contributed by atoms with van der Waals surface area (Å²) in [5, 5.41) is 0. The highest BCUT2D eigenvalue weighted by molar-refractivity contribution is 5.83. The first-order valence-corrected chi connectivity index (χ1v) is 7.56. The van der Waals surface area contributed by atoms with Crippen molar-refractivity contribution in [1.29, 1.82) is 0 Å². The van der Waals surface area contributed by atoms with Gasteiger partial charge in [-0.3, -0.25) is 4.79 Å². The SMILES string of the molecule is O=C(C[C@H]1c2ccccc2-c2cncn21)C1CCOCC1. The summed E-state index contributed by atoms with van der Waals surface area (Å²) in [6.45, 7) is 1.43. The Kier molecular flexibility index (Phi) is 3.11.